The molecule has 23 heavy (non-hydrogen) atoms. The zero-order valence-corrected chi connectivity index (χ0v) is 14.6. The fourth-order valence-electron chi connectivity index (χ4n) is 3.41. The van der Waals surface area contributed by atoms with Crippen LogP contribution in [0.4, 0.5) is 0 Å². The fraction of sp³-hybridized carbons (Fsp3) is 0.889. The van der Waals surface area contributed by atoms with E-state index < -0.39 is 0 Å². The van der Waals surface area contributed by atoms with Gasteiger partial charge in [-0.25, -0.2) is 0 Å². The van der Waals surface area contributed by atoms with Crippen molar-refractivity contribution in [3.05, 3.63) is 0 Å². The van der Waals surface area contributed by atoms with E-state index in [0.29, 0.717) is 12.5 Å². The Morgan fingerprint density at radius 1 is 1.00 bits per heavy atom. The highest BCUT2D eigenvalue weighted by Crippen LogP contribution is 2.29. The van der Waals surface area contributed by atoms with Crippen molar-refractivity contribution >= 4 is 11.8 Å². The third kappa shape index (κ3) is 6.13. The van der Waals surface area contributed by atoms with Crippen molar-refractivity contribution in [3.8, 4) is 0 Å². The Kier molecular flexibility index (Phi) is 7.34. The number of hydrogen-bond acceptors (Lipinski definition) is 3. The molecule has 5 nitrogen and oxygen atoms in total. The molecule has 1 saturated heterocycles. The lowest BCUT2D eigenvalue weighted by Gasteiger charge is -2.27. The summed E-state index contributed by atoms with van der Waals surface area (Å²) >= 11 is 0. The van der Waals surface area contributed by atoms with Gasteiger partial charge in [0.05, 0.1) is 6.10 Å². The van der Waals surface area contributed by atoms with Crippen molar-refractivity contribution in [1.82, 2.24) is 10.6 Å². The molecule has 1 unspecified atom stereocenters. The second-order valence-corrected chi connectivity index (χ2v) is 7.40. The van der Waals surface area contributed by atoms with E-state index in [0.717, 1.165) is 58.1 Å². The molecule has 2 rings (SSSR count). The van der Waals surface area contributed by atoms with Crippen LogP contribution in [-0.4, -0.2) is 37.6 Å². The van der Waals surface area contributed by atoms with Crippen LogP contribution in [0.2, 0.25) is 0 Å². The minimum atomic E-state index is 0.0658. The Morgan fingerprint density at radius 2 is 1.61 bits per heavy atom. The van der Waals surface area contributed by atoms with E-state index in [1.54, 1.807) is 0 Å². The maximum atomic E-state index is 12.2. The third-order valence-electron chi connectivity index (χ3n) is 5.02. The Morgan fingerprint density at radius 3 is 2.13 bits per heavy atom. The first-order valence-electron chi connectivity index (χ1n) is 9.23. The van der Waals surface area contributed by atoms with Crippen LogP contribution in [0.3, 0.4) is 0 Å². The van der Waals surface area contributed by atoms with Gasteiger partial charge in [-0.1, -0.05) is 13.8 Å². The van der Waals surface area contributed by atoms with Crippen LogP contribution >= 0.6 is 0 Å². The molecule has 2 amide bonds. The topological polar surface area (TPSA) is 67.4 Å². The van der Waals surface area contributed by atoms with Crippen molar-refractivity contribution in [3.63, 3.8) is 0 Å². The van der Waals surface area contributed by atoms with Crippen LogP contribution in [0, 0.1) is 17.8 Å². The van der Waals surface area contributed by atoms with E-state index in [9.17, 15) is 9.59 Å². The maximum Gasteiger partial charge on any atom is 0.223 e. The van der Waals surface area contributed by atoms with Crippen LogP contribution in [0.5, 0.6) is 0 Å². The summed E-state index contributed by atoms with van der Waals surface area (Å²) in [4.78, 5) is 24.3. The average Bonchev–Trinajstić information content (AvgIpc) is 3.05. The van der Waals surface area contributed by atoms with Gasteiger partial charge in [0.2, 0.25) is 11.8 Å². The van der Waals surface area contributed by atoms with Crippen LogP contribution in [0.25, 0.3) is 0 Å². The standard InChI is InChI=1S/C18H32N2O3/c1-13(2)9-10-19-17(21)14-5-7-15(8-6-14)18(22)20-12-16-4-3-11-23-16/h13-16H,3-12H2,1-2H3,(H,19,21)(H,20,22). The van der Waals surface area contributed by atoms with Gasteiger partial charge in [0, 0.05) is 31.5 Å². The second-order valence-electron chi connectivity index (χ2n) is 7.40. The minimum Gasteiger partial charge on any atom is -0.376 e. The first-order chi connectivity index (χ1) is 11.1. The molecule has 2 aliphatic rings. The molecule has 0 radical (unpaired) electrons. The molecule has 0 aromatic carbocycles. The number of rotatable bonds is 7. The molecular weight excluding hydrogens is 292 g/mol. The maximum absolute atomic E-state index is 12.2. The number of hydrogen-bond donors (Lipinski definition) is 2. The zero-order chi connectivity index (χ0) is 16.7. The monoisotopic (exact) mass is 324 g/mol. The lowest BCUT2D eigenvalue weighted by Crippen LogP contribution is -2.40. The average molecular weight is 324 g/mol. The summed E-state index contributed by atoms with van der Waals surface area (Å²) in [5.74, 6) is 1.07. The highest BCUT2D eigenvalue weighted by atomic mass is 16.5. The molecule has 5 heteroatoms. The smallest absolute Gasteiger partial charge is 0.223 e. The normalized spacial score (nSPS) is 27.9. The summed E-state index contributed by atoms with van der Waals surface area (Å²) in [7, 11) is 0. The molecule has 1 aliphatic carbocycles. The van der Waals surface area contributed by atoms with E-state index >= 15 is 0 Å². The minimum absolute atomic E-state index is 0.0658. The van der Waals surface area contributed by atoms with Gasteiger partial charge in [0.1, 0.15) is 0 Å². The lowest BCUT2D eigenvalue weighted by atomic mass is 9.81. The zero-order valence-electron chi connectivity index (χ0n) is 14.6. The summed E-state index contributed by atoms with van der Waals surface area (Å²) in [6.07, 6.45) is 6.64. The van der Waals surface area contributed by atoms with E-state index in [-0.39, 0.29) is 29.8 Å². The van der Waals surface area contributed by atoms with Crippen molar-refractivity contribution < 1.29 is 14.3 Å². The molecule has 2 N–H and O–H groups in total. The number of carbonyl (C=O) groups is 2. The number of ether oxygens (including phenoxy) is 1. The van der Waals surface area contributed by atoms with Gasteiger partial charge in [-0.2, -0.15) is 0 Å². The predicted molar refractivity (Wildman–Crippen MR) is 89.9 cm³/mol. The molecule has 132 valence electrons. The summed E-state index contributed by atoms with van der Waals surface area (Å²) in [6.45, 7) is 6.53. The molecule has 2 fully saturated rings. The van der Waals surface area contributed by atoms with Crippen LogP contribution in [-0.2, 0) is 14.3 Å². The van der Waals surface area contributed by atoms with Crippen LogP contribution < -0.4 is 10.6 Å². The van der Waals surface area contributed by atoms with Crippen molar-refractivity contribution in [2.75, 3.05) is 19.7 Å². The van der Waals surface area contributed by atoms with E-state index in [4.69, 9.17) is 4.74 Å². The molecule has 0 aromatic rings. The number of nitrogens with one attached hydrogen (secondary N) is 2. The highest BCUT2D eigenvalue weighted by molar-refractivity contribution is 5.81. The first kappa shape index (κ1) is 18.2. The van der Waals surface area contributed by atoms with Gasteiger partial charge in [-0.3, -0.25) is 9.59 Å². The third-order valence-corrected chi connectivity index (χ3v) is 5.02. The molecule has 0 aromatic heterocycles. The van der Waals surface area contributed by atoms with Crippen molar-refractivity contribution in [2.45, 2.75) is 64.9 Å². The van der Waals surface area contributed by atoms with E-state index in [2.05, 4.69) is 24.5 Å². The summed E-state index contributed by atoms with van der Waals surface area (Å²) in [5, 5.41) is 6.05. The molecule has 1 saturated carbocycles. The molecule has 0 bridgehead atoms. The Hall–Kier alpha value is -1.10. The lowest BCUT2D eigenvalue weighted by molar-refractivity contribution is -0.130. The van der Waals surface area contributed by atoms with E-state index in [1.807, 2.05) is 0 Å². The quantitative estimate of drug-likeness (QED) is 0.755. The SMILES string of the molecule is CC(C)CCNC(=O)C1CCC(C(=O)NCC2CCCO2)CC1. The second kappa shape index (κ2) is 9.26. The summed E-state index contributed by atoms with van der Waals surface area (Å²) < 4.78 is 5.53. The Balaban J connectivity index is 1.62. The molecule has 1 atom stereocenters. The van der Waals surface area contributed by atoms with Gasteiger partial charge in [-0.15, -0.1) is 0 Å². The number of carbonyl (C=O) groups excluding carboxylic acids is 2. The predicted octanol–water partition coefficient (Wildman–Crippen LogP) is 2.25. The Bertz CT molecular complexity index is 384. The first-order valence-corrected chi connectivity index (χ1v) is 9.23. The van der Waals surface area contributed by atoms with Crippen molar-refractivity contribution in [2.24, 2.45) is 17.8 Å². The number of amides is 2. The van der Waals surface area contributed by atoms with Crippen LogP contribution in [0.15, 0.2) is 0 Å². The molecule has 1 aliphatic heterocycles. The van der Waals surface area contributed by atoms with Crippen LogP contribution in [0.1, 0.15) is 58.8 Å². The van der Waals surface area contributed by atoms with Gasteiger partial charge in [0.25, 0.3) is 0 Å². The van der Waals surface area contributed by atoms with Gasteiger partial charge in [-0.05, 0) is 50.9 Å². The van der Waals surface area contributed by atoms with Crippen molar-refractivity contribution in [1.29, 1.82) is 0 Å². The van der Waals surface area contributed by atoms with Gasteiger partial charge in [0.15, 0.2) is 0 Å². The Labute approximate surface area is 139 Å². The summed E-state index contributed by atoms with van der Waals surface area (Å²) in [5.41, 5.74) is 0. The molecule has 0 spiro atoms. The fourth-order valence-corrected chi connectivity index (χ4v) is 3.41. The van der Waals surface area contributed by atoms with Gasteiger partial charge >= 0.3 is 0 Å². The molecular formula is C18H32N2O3. The van der Waals surface area contributed by atoms with Gasteiger partial charge < -0.3 is 15.4 Å². The summed E-state index contributed by atoms with van der Waals surface area (Å²) in [6, 6.07) is 0. The van der Waals surface area contributed by atoms with E-state index in [1.165, 1.54) is 0 Å². The molecule has 1 heterocycles. The highest BCUT2D eigenvalue weighted by Gasteiger charge is 2.30. The largest absolute Gasteiger partial charge is 0.376 e.